The van der Waals surface area contributed by atoms with Crippen LogP contribution < -0.4 is 11.2 Å². The minimum absolute atomic E-state index is 0.0702. The van der Waals surface area contributed by atoms with Crippen LogP contribution in [0.4, 0.5) is 0 Å². The summed E-state index contributed by atoms with van der Waals surface area (Å²) in [5, 5.41) is 1.10. The second-order valence-corrected chi connectivity index (χ2v) is 5.22. The van der Waals surface area contributed by atoms with E-state index in [2.05, 4.69) is 4.98 Å². The first kappa shape index (κ1) is 15.5. The van der Waals surface area contributed by atoms with E-state index in [1.54, 1.807) is 6.92 Å². The molecule has 0 bridgehead atoms. The molecule has 2 rings (SSSR count). The molecule has 8 heteroatoms. The standard InChI is InChI=1S/C13H19N3O5/c1-7-5-9(21-10(7)12(18)15(3)20-4)16-6-8(2)11(17)14-13(16)19/h6-7,9-10H,5H2,1-4H3,(H,14,17,19)/t7?,9-,10+/m1/s1. The number of nitrogens with zero attached hydrogens (tertiary/aromatic N) is 2. The summed E-state index contributed by atoms with van der Waals surface area (Å²) in [6.45, 7) is 3.48. The van der Waals surface area contributed by atoms with Crippen molar-refractivity contribution in [1.29, 1.82) is 0 Å². The Hall–Kier alpha value is -1.93. The number of aryl methyl sites for hydroxylation is 1. The van der Waals surface area contributed by atoms with Crippen LogP contribution in [-0.4, -0.2) is 40.8 Å². The van der Waals surface area contributed by atoms with Crippen molar-refractivity contribution in [3.63, 3.8) is 0 Å². The van der Waals surface area contributed by atoms with Gasteiger partial charge in [0.25, 0.3) is 11.5 Å². The number of carbonyl (C=O) groups excluding carboxylic acids is 1. The molecule has 1 amide bonds. The fourth-order valence-electron chi connectivity index (χ4n) is 2.35. The molecule has 3 atom stereocenters. The van der Waals surface area contributed by atoms with Gasteiger partial charge < -0.3 is 4.74 Å². The molecule has 21 heavy (non-hydrogen) atoms. The van der Waals surface area contributed by atoms with Gasteiger partial charge in [0.2, 0.25) is 0 Å². The van der Waals surface area contributed by atoms with Crippen LogP contribution >= 0.6 is 0 Å². The van der Waals surface area contributed by atoms with Crippen LogP contribution in [0.5, 0.6) is 0 Å². The Kier molecular flexibility index (Phi) is 4.29. The third kappa shape index (κ3) is 2.91. The topological polar surface area (TPSA) is 93.6 Å². The molecule has 1 N–H and O–H groups in total. The van der Waals surface area contributed by atoms with Crippen molar-refractivity contribution in [2.75, 3.05) is 14.2 Å². The molecule has 0 saturated carbocycles. The Balaban J connectivity index is 2.26. The highest BCUT2D eigenvalue weighted by Gasteiger charge is 2.40. The maximum atomic E-state index is 12.1. The van der Waals surface area contributed by atoms with Gasteiger partial charge in [-0.3, -0.25) is 24.0 Å². The molecule has 1 fully saturated rings. The molecular weight excluding hydrogens is 278 g/mol. The van der Waals surface area contributed by atoms with Crippen molar-refractivity contribution in [3.8, 4) is 0 Å². The SMILES string of the molecule is CON(C)C(=O)[C@H]1O[C@@H](n2cc(C)c(=O)[nH]c2=O)CC1C. The van der Waals surface area contributed by atoms with E-state index in [1.807, 2.05) is 6.92 Å². The van der Waals surface area contributed by atoms with Crippen molar-refractivity contribution in [2.24, 2.45) is 5.92 Å². The number of carbonyl (C=O) groups is 1. The largest absolute Gasteiger partial charge is 0.344 e. The van der Waals surface area contributed by atoms with Gasteiger partial charge >= 0.3 is 5.69 Å². The van der Waals surface area contributed by atoms with E-state index in [9.17, 15) is 14.4 Å². The number of nitrogens with one attached hydrogen (secondary N) is 1. The summed E-state index contributed by atoms with van der Waals surface area (Å²) in [4.78, 5) is 42.4. The average molecular weight is 297 g/mol. The van der Waals surface area contributed by atoms with Gasteiger partial charge in [0.05, 0.1) is 7.11 Å². The summed E-state index contributed by atoms with van der Waals surface area (Å²) in [5.74, 6) is -0.374. The third-order valence-corrected chi connectivity index (χ3v) is 3.68. The number of aromatic amines is 1. The summed E-state index contributed by atoms with van der Waals surface area (Å²) in [7, 11) is 2.90. The van der Waals surface area contributed by atoms with Gasteiger partial charge in [-0.2, -0.15) is 0 Å². The first-order valence-corrected chi connectivity index (χ1v) is 6.64. The van der Waals surface area contributed by atoms with E-state index >= 15 is 0 Å². The molecule has 8 nitrogen and oxygen atoms in total. The number of likely N-dealkylation sites (N-methyl/N-ethyl adjacent to an activating group) is 1. The van der Waals surface area contributed by atoms with Crippen molar-refractivity contribution < 1.29 is 14.4 Å². The van der Waals surface area contributed by atoms with E-state index in [1.165, 1.54) is 24.9 Å². The Bertz CT molecular complexity index is 650. The van der Waals surface area contributed by atoms with Crippen LogP contribution in [0, 0.1) is 12.8 Å². The number of rotatable bonds is 3. The number of amides is 1. The summed E-state index contributed by atoms with van der Waals surface area (Å²) in [6.07, 6.45) is 0.687. The third-order valence-electron chi connectivity index (χ3n) is 3.68. The molecule has 1 aliphatic rings. The number of hydrogen-bond donors (Lipinski definition) is 1. The molecular formula is C13H19N3O5. The summed E-state index contributed by atoms with van der Waals surface area (Å²) < 4.78 is 7.00. The van der Waals surface area contributed by atoms with E-state index in [4.69, 9.17) is 9.57 Å². The Morgan fingerprint density at radius 1 is 1.52 bits per heavy atom. The molecule has 1 aromatic heterocycles. The Morgan fingerprint density at radius 3 is 2.81 bits per heavy atom. The van der Waals surface area contributed by atoms with E-state index < -0.39 is 23.6 Å². The lowest BCUT2D eigenvalue weighted by molar-refractivity contribution is -0.183. The van der Waals surface area contributed by atoms with Gasteiger partial charge in [0, 0.05) is 18.8 Å². The van der Waals surface area contributed by atoms with Crippen LogP contribution in [0.2, 0.25) is 0 Å². The predicted molar refractivity (Wildman–Crippen MR) is 73.5 cm³/mol. The number of H-pyrrole nitrogens is 1. The van der Waals surface area contributed by atoms with Crippen LogP contribution in [0.3, 0.4) is 0 Å². The van der Waals surface area contributed by atoms with Crippen LogP contribution in [0.15, 0.2) is 15.8 Å². The summed E-state index contributed by atoms with van der Waals surface area (Å²) >= 11 is 0. The normalized spacial score (nSPS) is 25.0. The zero-order chi connectivity index (χ0) is 15.7. The lowest BCUT2D eigenvalue weighted by Gasteiger charge is -2.21. The summed E-state index contributed by atoms with van der Waals surface area (Å²) in [5.41, 5.74) is -0.556. The molecule has 1 saturated heterocycles. The zero-order valence-electron chi connectivity index (χ0n) is 12.5. The lowest BCUT2D eigenvalue weighted by atomic mass is 10.0. The second-order valence-electron chi connectivity index (χ2n) is 5.22. The smallest absolute Gasteiger partial charge is 0.330 e. The zero-order valence-corrected chi connectivity index (χ0v) is 12.5. The molecule has 2 heterocycles. The Morgan fingerprint density at radius 2 is 2.19 bits per heavy atom. The van der Waals surface area contributed by atoms with Gasteiger partial charge in [-0.1, -0.05) is 6.92 Å². The highest BCUT2D eigenvalue weighted by molar-refractivity contribution is 5.80. The minimum atomic E-state index is -0.681. The predicted octanol–water partition coefficient (Wildman–Crippen LogP) is -0.212. The Labute approximate surface area is 121 Å². The monoisotopic (exact) mass is 297 g/mol. The number of hydroxylamine groups is 2. The summed E-state index contributed by atoms with van der Waals surface area (Å²) in [6, 6.07) is 0. The number of ether oxygens (including phenoxy) is 1. The van der Waals surface area contributed by atoms with E-state index in [0.717, 1.165) is 5.06 Å². The van der Waals surface area contributed by atoms with Gasteiger partial charge in [-0.25, -0.2) is 9.86 Å². The van der Waals surface area contributed by atoms with Gasteiger partial charge in [0.1, 0.15) is 12.3 Å². The van der Waals surface area contributed by atoms with Crippen molar-refractivity contribution >= 4 is 5.91 Å². The molecule has 0 spiro atoms. The lowest BCUT2D eigenvalue weighted by Crippen LogP contribution is -2.39. The quantitative estimate of drug-likeness (QED) is 0.779. The highest BCUT2D eigenvalue weighted by Crippen LogP contribution is 2.33. The average Bonchev–Trinajstić information content (AvgIpc) is 2.82. The molecule has 0 radical (unpaired) electrons. The maximum Gasteiger partial charge on any atom is 0.330 e. The van der Waals surface area contributed by atoms with Crippen molar-refractivity contribution in [2.45, 2.75) is 32.6 Å². The molecule has 1 unspecified atom stereocenters. The van der Waals surface area contributed by atoms with Gasteiger partial charge in [0.15, 0.2) is 0 Å². The second kappa shape index (κ2) is 5.82. The minimum Gasteiger partial charge on any atom is -0.344 e. The van der Waals surface area contributed by atoms with Crippen LogP contribution in [-0.2, 0) is 14.4 Å². The van der Waals surface area contributed by atoms with Gasteiger partial charge in [-0.05, 0) is 19.3 Å². The molecule has 1 aliphatic heterocycles. The molecule has 1 aromatic rings. The highest BCUT2D eigenvalue weighted by atomic mass is 16.7. The van der Waals surface area contributed by atoms with E-state index in [0.29, 0.717) is 12.0 Å². The van der Waals surface area contributed by atoms with Crippen molar-refractivity contribution in [1.82, 2.24) is 14.6 Å². The van der Waals surface area contributed by atoms with Crippen molar-refractivity contribution in [3.05, 3.63) is 32.6 Å². The van der Waals surface area contributed by atoms with E-state index in [-0.39, 0.29) is 11.8 Å². The van der Waals surface area contributed by atoms with Crippen LogP contribution in [0.25, 0.3) is 0 Å². The van der Waals surface area contributed by atoms with Crippen LogP contribution in [0.1, 0.15) is 25.1 Å². The number of aromatic nitrogens is 2. The molecule has 116 valence electrons. The molecule has 0 aromatic carbocycles. The fraction of sp³-hybridized carbons (Fsp3) is 0.615. The first-order valence-electron chi connectivity index (χ1n) is 6.64. The maximum absolute atomic E-state index is 12.1. The number of hydrogen-bond acceptors (Lipinski definition) is 5. The molecule has 0 aliphatic carbocycles. The fourth-order valence-corrected chi connectivity index (χ4v) is 2.35. The first-order chi connectivity index (χ1) is 9.85. The van der Waals surface area contributed by atoms with Gasteiger partial charge in [-0.15, -0.1) is 0 Å².